The molecule has 0 aliphatic carbocycles. The van der Waals surface area contributed by atoms with Crippen LogP contribution in [0.1, 0.15) is 26.7 Å². The van der Waals surface area contributed by atoms with Gasteiger partial charge in [-0.15, -0.1) is 0 Å². The van der Waals surface area contributed by atoms with E-state index in [9.17, 15) is 0 Å². The Morgan fingerprint density at radius 2 is 1.00 bits per heavy atom. The van der Waals surface area contributed by atoms with Gasteiger partial charge < -0.3 is 25.3 Å². The van der Waals surface area contributed by atoms with Crippen molar-refractivity contribution in [3.8, 4) is 0 Å². The zero-order valence-corrected chi connectivity index (χ0v) is 12.6. The minimum absolute atomic E-state index is 0.230. The molecular formula is C8H20S2Sn. The van der Waals surface area contributed by atoms with E-state index in [0.717, 1.165) is 24.3 Å². The molecule has 0 nitrogen and oxygen atoms in total. The molecule has 0 bridgehead atoms. The van der Waals surface area contributed by atoms with Gasteiger partial charge in [0.2, 0.25) is 0 Å². The van der Waals surface area contributed by atoms with Crippen LogP contribution in [0.25, 0.3) is 0 Å². The van der Waals surface area contributed by atoms with Crippen molar-refractivity contribution in [2.75, 3.05) is 11.5 Å². The Morgan fingerprint density at radius 1 is 0.909 bits per heavy atom. The maximum atomic E-state index is 4.55. The monoisotopic (exact) mass is 300 g/mol. The molecule has 0 N–H and O–H groups in total. The van der Waals surface area contributed by atoms with Crippen LogP contribution in [0.3, 0.4) is 0 Å². The van der Waals surface area contributed by atoms with Gasteiger partial charge in [-0.05, 0) is 0 Å². The molecule has 0 unspecified atom stereocenters. The second kappa shape index (κ2) is 30.0. The quantitative estimate of drug-likeness (QED) is 0.568. The molecule has 68 valence electrons. The van der Waals surface area contributed by atoms with Crippen LogP contribution in [0.5, 0.6) is 0 Å². The third-order valence-corrected chi connectivity index (χ3v) is 1.22. The first kappa shape index (κ1) is 18.3. The summed E-state index contributed by atoms with van der Waals surface area (Å²) in [6, 6.07) is 0. The summed E-state index contributed by atoms with van der Waals surface area (Å²) in [5.74, 6) is 1.81. The number of rotatable bonds is 2. The molecule has 0 saturated heterocycles. The van der Waals surface area contributed by atoms with E-state index in [1.54, 1.807) is 0 Å². The molecule has 0 rings (SSSR count). The molecular weight excluding hydrogens is 279 g/mol. The van der Waals surface area contributed by atoms with Gasteiger partial charge in [-0.25, -0.2) is 0 Å². The average Bonchev–Trinajstić information content (AvgIpc) is 2.06. The van der Waals surface area contributed by atoms with Gasteiger partial charge in [0, 0.05) is 0 Å². The fourth-order valence-electron chi connectivity index (χ4n) is 0. The maximum absolute atomic E-state index is 4.55. The van der Waals surface area contributed by atoms with E-state index >= 15 is 0 Å². The average molecular weight is 299 g/mol. The summed E-state index contributed by atoms with van der Waals surface area (Å²) in [5, 5.41) is 0. The molecule has 0 amide bonds. The van der Waals surface area contributed by atoms with Gasteiger partial charge in [-0.2, -0.15) is 11.5 Å². The van der Waals surface area contributed by atoms with Crippen LogP contribution in [0, 0.1) is 0 Å². The molecule has 3 heteroatoms. The van der Waals surface area contributed by atoms with Crippen molar-refractivity contribution in [2.24, 2.45) is 0 Å². The van der Waals surface area contributed by atoms with Crippen LogP contribution in [0.2, 0.25) is 9.88 Å². The van der Waals surface area contributed by atoms with Gasteiger partial charge in [0.05, 0.1) is 0 Å². The predicted molar refractivity (Wildman–Crippen MR) is 62.5 cm³/mol. The van der Waals surface area contributed by atoms with Crippen molar-refractivity contribution < 1.29 is 0 Å². The molecule has 0 fully saturated rings. The van der Waals surface area contributed by atoms with Crippen LogP contribution in [0.15, 0.2) is 0 Å². The molecule has 0 aliphatic rings. The minimum atomic E-state index is 0.230. The van der Waals surface area contributed by atoms with Crippen LogP contribution >= 0.6 is 0 Å². The Bertz CT molecular complexity index is 27.3. The first-order chi connectivity index (χ1) is 5.24. The Hall–Kier alpha value is 1.50. The van der Waals surface area contributed by atoms with Crippen LogP contribution < -0.4 is 0 Å². The van der Waals surface area contributed by atoms with Crippen molar-refractivity contribution in [3.05, 3.63) is 0 Å². The van der Waals surface area contributed by atoms with Gasteiger partial charge in [-0.3, -0.25) is 0 Å². The summed E-state index contributed by atoms with van der Waals surface area (Å²) < 4.78 is 0. The van der Waals surface area contributed by atoms with Crippen LogP contribution in [0.4, 0.5) is 0 Å². The van der Waals surface area contributed by atoms with E-state index in [2.05, 4.69) is 49.0 Å². The van der Waals surface area contributed by atoms with Gasteiger partial charge >= 0.3 is 31.0 Å². The molecule has 0 aliphatic heterocycles. The molecule has 11 heavy (non-hydrogen) atoms. The fourth-order valence-corrected chi connectivity index (χ4v) is 0. The Labute approximate surface area is 94.0 Å². The summed E-state index contributed by atoms with van der Waals surface area (Å²) in [5.41, 5.74) is 0. The zero-order chi connectivity index (χ0) is 9.54. The van der Waals surface area contributed by atoms with E-state index in [0.29, 0.717) is 0 Å². The van der Waals surface area contributed by atoms with E-state index in [1.807, 2.05) is 0 Å². The van der Waals surface area contributed by atoms with Crippen molar-refractivity contribution in [2.45, 2.75) is 36.6 Å². The SMILES string of the molecule is CCC[S-].CCC[S-].[CH3][Sn+2][CH3]. The summed E-state index contributed by atoms with van der Waals surface area (Å²) in [4.78, 5) is 4.59. The third-order valence-electron chi connectivity index (χ3n) is 0.408. The molecule has 0 aromatic carbocycles. The van der Waals surface area contributed by atoms with Crippen molar-refractivity contribution in [3.63, 3.8) is 0 Å². The first-order valence-corrected chi connectivity index (χ1v) is 10.9. The number of hydrogen-bond acceptors (Lipinski definition) is 2. The topological polar surface area (TPSA) is 0 Å². The van der Waals surface area contributed by atoms with Crippen LogP contribution in [-0.4, -0.2) is 32.6 Å². The van der Waals surface area contributed by atoms with Crippen molar-refractivity contribution >= 4 is 46.4 Å². The second-order valence-corrected chi connectivity index (χ2v) is 5.58. The van der Waals surface area contributed by atoms with E-state index in [-0.39, 0.29) is 21.1 Å². The summed E-state index contributed by atoms with van der Waals surface area (Å²) >= 11 is 9.34. The summed E-state index contributed by atoms with van der Waals surface area (Å²) in [6.45, 7) is 4.15. The van der Waals surface area contributed by atoms with Gasteiger partial charge in [0.25, 0.3) is 0 Å². The Kier molecular flexibility index (Phi) is 50.0. The molecule has 0 aromatic rings. The van der Waals surface area contributed by atoms with E-state index in [4.69, 9.17) is 0 Å². The van der Waals surface area contributed by atoms with E-state index in [1.165, 1.54) is 0 Å². The fraction of sp³-hybridized carbons (Fsp3) is 1.00. The molecule has 0 saturated carbocycles. The first-order valence-electron chi connectivity index (χ1n) is 3.99. The zero-order valence-electron chi connectivity index (χ0n) is 8.14. The van der Waals surface area contributed by atoms with Crippen molar-refractivity contribution in [1.29, 1.82) is 0 Å². The normalized spacial score (nSPS) is 6.36. The molecule has 0 atom stereocenters. The standard InChI is InChI=1S/2C3H8S.2CH3.Sn/c2*1-2-3-4;;;/h2*4H,2-3H2,1H3;2*1H3;/q;;;;+2/p-2. The molecule has 0 radical (unpaired) electrons. The van der Waals surface area contributed by atoms with Gasteiger partial charge in [0.1, 0.15) is 0 Å². The molecule has 0 spiro atoms. The van der Waals surface area contributed by atoms with Gasteiger partial charge in [-0.1, -0.05) is 26.7 Å². The third kappa shape index (κ3) is 84.8. The van der Waals surface area contributed by atoms with Gasteiger partial charge in [0.15, 0.2) is 0 Å². The predicted octanol–water partition coefficient (Wildman–Crippen LogP) is 2.67. The number of hydrogen-bond donors (Lipinski definition) is 0. The van der Waals surface area contributed by atoms with E-state index < -0.39 is 0 Å². The summed E-state index contributed by atoms with van der Waals surface area (Å²) in [7, 11) is 0. The molecule has 0 aromatic heterocycles. The van der Waals surface area contributed by atoms with Crippen LogP contribution in [-0.2, 0) is 25.3 Å². The van der Waals surface area contributed by atoms with Crippen molar-refractivity contribution in [1.82, 2.24) is 0 Å². The molecule has 0 heterocycles. The second-order valence-electron chi connectivity index (χ2n) is 1.91. The Morgan fingerprint density at radius 3 is 1.00 bits per heavy atom. The Balaban J connectivity index is -0.0000000886. The summed E-state index contributed by atoms with van der Waals surface area (Å²) in [6.07, 6.45) is 2.27.